The first-order valence-corrected chi connectivity index (χ1v) is 14.6. The van der Waals surface area contributed by atoms with Crippen LogP contribution in [0.4, 0.5) is 0 Å². The Bertz CT molecular complexity index is 1240. The van der Waals surface area contributed by atoms with E-state index in [0.717, 1.165) is 50.9 Å². The second-order valence-electron chi connectivity index (χ2n) is 10.4. The van der Waals surface area contributed by atoms with Crippen LogP contribution in [-0.4, -0.2) is 62.4 Å². The Hall–Kier alpha value is -4.07. The molecule has 1 saturated heterocycles. The molecule has 42 heavy (non-hydrogen) atoms. The summed E-state index contributed by atoms with van der Waals surface area (Å²) in [4.78, 5) is 14.7. The van der Waals surface area contributed by atoms with Crippen LogP contribution < -0.4 is 14.8 Å². The molecule has 1 aliphatic heterocycles. The maximum absolute atomic E-state index is 12.2. The van der Waals surface area contributed by atoms with E-state index in [1.807, 2.05) is 18.2 Å². The Labute approximate surface area is 249 Å². The lowest BCUT2D eigenvalue weighted by Gasteiger charge is -2.34. The summed E-state index contributed by atoms with van der Waals surface area (Å²) in [5.74, 6) is 0.493. The molecule has 1 amide bonds. The zero-order valence-electron chi connectivity index (χ0n) is 24.6. The molecule has 0 saturated carbocycles. The third-order valence-electron chi connectivity index (χ3n) is 7.42. The number of carbonyl (C=O) groups excluding carboxylic acids is 1. The van der Waals surface area contributed by atoms with Gasteiger partial charge in [0.25, 0.3) is 0 Å². The fourth-order valence-corrected chi connectivity index (χ4v) is 5.12. The highest BCUT2D eigenvalue weighted by Gasteiger charge is 2.24. The molecule has 0 aromatic heterocycles. The lowest BCUT2D eigenvalue weighted by atomic mass is 10.00. The van der Waals surface area contributed by atoms with Crippen molar-refractivity contribution in [2.24, 2.45) is 0 Å². The fourth-order valence-electron chi connectivity index (χ4n) is 5.12. The summed E-state index contributed by atoms with van der Waals surface area (Å²) in [7, 11) is 2.97. The minimum absolute atomic E-state index is 0.0404. The average molecular weight is 571 g/mol. The number of allylic oxidation sites excluding steroid dienone is 2. The number of hydrogen-bond donors (Lipinski definition) is 2. The van der Waals surface area contributed by atoms with E-state index in [1.54, 1.807) is 24.3 Å². The quantitative estimate of drug-likeness (QED) is 0.138. The molecule has 1 fully saturated rings. The number of rotatable bonds is 14. The van der Waals surface area contributed by atoms with Crippen LogP contribution in [0.15, 0.2) is 91.0 Å². The number of nitrogens with one attached hydrogen (secondary N) is 1. The Morgan fingerprint density at radius 3 is 2.10 bits per heavy atom. The van der Waals surface area contributed by atoms with Crippen LogP contribution in [0.5, 0.6) is 17.2 Å². The van der Waals surface area contributed by atoms with Crippen LogP contribution in [0.2, 0.25) is 0 Å². The number of phenolic OH excluding ortho intramolecular Hbond substituents is 1. The SMILES string of the molecule is COc1cc(C=CC=CC(=O)NCCCCN2CCC(OC(c3ccccc3)c3ccccc3)CC2)cc(OC)c1O. The third kappa shape index (κ3) is 9.23. The molecule has 0 unspecified atom stereocenters. The average Bonchev–Trinajstić information content (AvgIpc) is 3.03. The summed E-state index contributed by atoms with van der Waals surface area (Å²) in [6.45, 7) is 3.73. The maximum Gasteiger partial charge on any atom is 0.243 e. The summed E-state index contributed by atoms with van der Waals surface area (Å²) in [5, 5.41) is 13.0. The predicted molar refractivity (Wildman–Crippen MR) is 167 cm³/mol. The second-order valence-corrected chi connectivity index (χ2v) is 10.4. The van der Waals surface area contributed by atoms with Gasteiger partial charge in [-0.15, -0.1) is 0 Å². The highest BCUT2D eigenvalue weighted by Crippen LogP contribution is 2.37. The van der Waals surface area contributed by atoms with Crippen LogP contribution in [0, 0.1) is 0 Å². The highest BCUT2D eigenvalue weighted by atomic mass is 16.5. The first-order valence-electron chi connectivity index (χ1n) is 14.6. The lowest BCUT2D eigenvalue weighted by molar-refractivity contribution is -0.116. The van der Waals surface area contributed by atoms with Gasteiger partial charge in [0.1, 0.15) is 6.10 Å². The molecule has 0 radical (unpaired) electrons. The number of phenols is 1. The van der Waals surface area contributed by atoms with E-state index in [2.05, 4.69) is 58.7 Å². The van der Waals surface area contributed by atoms with Crippen LogP contribution in [0.1, 0.15) is 48.5 Å². The number of methoxy groups -OCH3 is 2. The number of nitrogens with zero attached hydrogens (tertiary/aromatic N) is 1. The van der Waals surface area contributed by atoms with E-state index in [0.29, 0.717) is 18.0 Å². The number of benzene rings is 3. The summed E-state index contributed by atoms with van der Waals surface area (Å²) in [6.07, 6.45) is 11.0. The summed E-state index contributed by atoms with van der Waals surface area (Å²) < 4.78 is 17.0. The number of piperidine rings is 1. The number of amides is 1. The summed E-state index contributed by atoms with van der Waals surface area (Å²) in [5.41, 5.74) is 3.17. The van der Waals surface area contributed by atoms with Gasteiger partial charge in [0.15, 0.2) is 11.5 Å². The minimum atomic E-state index is -0.120. The lowest BCUT2D eigenvalue weighted by Crippen LogP contribution is -2.38. The molecule has 3 aromatic rings. The van der Waals surface area contributed by atoms with Gasteiger partial charge in [-0.2, -0.15) is 0 Å². The third-order valence-corrected chi connectivity index (χ3v) is 7.42. The van der Waals surface area contributed by atoms with E-state index >= 15 is 0 Å². The number of ether oxygens (including phenoxy) is 3. The Kier molecular flexibility index (Phi) is 12.1. The van der Waals surface area contributed by atoms with Gasteiger partial charge in [-0.3, -0.25) is 4.79 Å². The first-order chi connectivity index (χ1) is 20.6. The van der Waals surface area contributed by atoms with Crippen molar-refractivity contribution in [1.29, 1.82) is 0 Å². The summed E-state index contributed by atoms with van der Waals surface area (Å²) in [6, 6.07) is 24.3. The predicted octanol–water partition coefficient (Wildman–Crippen LogP) is 6.15. The summed E-state index contributed by atoms with van der Waals surface area (Å²) >= 11 is 0. The minimum Gasteiger partial charge on any atom is -0.502 e. The van der Waals surface area contributed by atoms with Gasteiger partial charge in [0, 0.05) is 25.7 Å². The molecule has 0 spiro atoms. The normalized spacial score (nSPS) is 14.5. The molecule has 0 bridgehead atoms. The molecule has 7 heteroatoms. The van der Waals surface area contributed by atoms with E-state index in [4.69, 9.17) is 14.2 Å². The van der Waals surface area contributed by atoms with Crippen molar-refractivity contribution < 1.29 is 24.1 Å². The van der Waals surface area contributed by atoms with E-state index < -0.39 is 0 Å². The van der Waals surface area contributed by atoms with Crippen molar-refractivity contribution >= 4 is 12.0 Å². The van der Waals surface area contributed by atoms with Crippen LogP contribution in [0.25, 0.3) is 6.08 Å². The molecule has 3 aromatic carbocycles. The standard InChI is InChI=1S/C35H42N2O5/c1-40-31-25-27(26-32(41-2)34(31)39)13-9-10-18-33(38)36-21-11-12-22-37-23-19-30(20-24-37)42-35(28-14-5-3-6-15-28)29-16-7-4-8-17-29/h3-10,13-18,25-26,30,35,39H,11-12,19-24H2,1-2H3,(H,36,38). The molecule has 7 nitrogen and oxygen atoms in total. The smallest absolute Gasteiger partial charge is 0.243 e. The Balaban J connectivity index is 1.12. The van der Waals surface area contributed by atoms with Gasteiger partial charge < -0.3 is 29.5 Å². The van der Waals surface area contributed by atoms with Gasteiger partial charge in [0.05, 0.1) is 20.3 Å². The van der Waals surface area contributed by atoms with Crippen molar-refractivity contribution in [2.75, 3.05) is 40.4 Å². The Morgan fingerprint density at radius 1 is 0.929 bits per heavy atom. The first kappa shape index (κ1) is 30.9. The van der Waals surface area contributed by atoms with Crippen LogP contribution in [-0.2, 0) is 9.53 Å². The molecule has 2 N–H and O–H groups in total. The molecular formula is C35H42N2O5. The number of aromatic hydroxyl groups is 1. The van der Waals surface area contributed by atoms with E-state index in [1.165, 1.54) is 31.4 Å². The molecular weight excluding hydrogens is 528 g/mol. The number of carbonyl (C=O) groups is 1. The zero-order valence-corrected chi connectivity index (χ0v) is 24.6. The topological polar surface area (TPSA) is 80.3 Å². The van der Waals surface area contributed by atoms with E-state index in [-0.39, 0.29) is 23.9 Å². The van der Waals surface area contributed by atoms with Gasteiger partial charge in [-0.05, 0) is 61.1 Å². The van der Waals surface area contributed by atoms with Gasteiger partial charge in [-0.25, -0.2) is 0 Å². The molecule has 4 rings (SSSR count). The molecule has 1 heterocycles. The fraction of sp³-hybridized carbons (Fsp3) is 0.343. The monoisotopic (exact) mass is 570 g/mol. The number of unbranched alkanes of at least 4 members (excludes halogenated alkanes) is 1. The van der Waals surface area contributed by atoms with Crippen molar-refractivity contribution in [1.82, 2.24) is 10.2 Å². The zero-order chi connectivity index (χ0) is 29.6. The van der Waals surface area contributed by atoms with Crippen molar-refractivity contribution in [2.45, 2.75) is 37.9 Å². The van der Waals surface area contributed by atoms with Crippen LogP contribution >= 0.6 is 0 Å². The van der Waals surface area contributed by atoms with Crippen molar-refractivity contribution in [3.8, 4) is 17.2 Å². The molecule has 222 valence electrons. The number of hydrogen-bond acceptors (Lipinski definition) is 6. The largest absolute Gasteiger partial charge is 0.502 e. The Morgan fingerprint density at radius 2 is 1.52 bits per heavy atom. The van der Waals surface area contributed by atoms with Crippen LogP contribution in [0.3, 0.4) is 0 Å². The maximum atomic E-state index is 12.2. The van der Waals surface area contributed by atoms with Gasteiger partial charge in [-0.1, -0.05) is 78.9 Å². The van der Waals surface area contributed by atoms with Gasteiger partial charge in [0.2, 0.25) is 11.7 Å². The van der Waals surface area contributed by atoms with Gasteiger partial charge >= 0.3 is 0 Å². The van der Waals surface area contributed by atoms with Crippen molar-refractivity contribution in [3.05, 3.63) is 108 Å². The molecule has 0 aliphatic carbocycles. The molecule has 0 atom stereocenters. The van der Waals surface area contributed by atoms with E-state index in [9.17, 15) is 9.90 Å². The highest BCUT2D eigenvalue weighted by molar-refractivity contribution is 5.87. The van der Waals surface area contributed by atoms with Crippen molar-refractivity contribution in [3.63, 3.8) is 0 Å². The second kappa shape index (κ2) is 16.4. The number of likely N-dealkylation sites (tertiary alicyclic amines) is 1. The molecule has 1 aliphatic rings.